The van der Waals surface area contributed by atoms with Crippen molar-refractivity contribution >= 4 is 17.6 Å². The Bertz CT molecular complexity index is 412. The summed E-state index contributed by atoms with van der Waals surface area (Å²) >= 11 is 5.62. The molecule has 0 saturated carbocycles. The van der Waals surface area contributed by atoms with Gasteiger partial charge in [-0.3, -0.25) is 4.79 Å². The summed E-state index contributed by atoms with van der Waals surface area (Å²) in [6.07, 6.45) is -3.34. The number of aliphatic carboxylic acids is 1. The van der Waals surface area contributed by atoms with Gasteiger partial charge in [-0.1, -0.05) is 11.6 Å². The predicted octanol–water partition coefficient (Wildman–Crippen LogP) is 2.31. The Labute approximate surface area is 94.8 Å². The molecule has 1 N–H and O–H groups in total. The minimum absolute atomic E-state index is 0.0871. The van der Waals surface area contributed by atoms with Crippen molar-refractivity contribution < 1.29 is 23.4 Å². The Morgan fingerprint density at radius 3 is 2.75 bits per heavy atom. The molecule has 0 bridgehead atoms. The van der Waals surface area contributed by atoms with Gasteiger partial charge in [0.1, 0.15) is 0 Å². The van der Waals surface area contributed by atoms with Crippen LogP contribution in [0.1, 0.15) is 17.7 Å². The van der Waals surface area contributed by atoms with Gasteiger partial charge in [0.05, 0.1) is 24.2 Å². The molecule has 0 fully saturated rings. The molecule has 0 spiro atoms. The van der Waals surface area contributed by atoms with Crippen LogP contribution < -0.4 is 4.74 Å². The number of halogens is 3. The number of hydrogen-bond acceptors (Lipinski definition) is 3. The highest BCUT2D eigenvalue weighted by atomic mass is 35.5. The van der Waals surface area contributed by atoms with E-state index in [1.807, 2.05) is 0 Å². The van der Waals surface area contributed by atoms with Crippen LogP contribution in [0.25, 0.3) is 0 Å². The third-order valence-electron chi connectivity index (χ3n) is 1.79. The normalized spacial score (nSPS) is 10.6. The average Bonchev–Trinajstić information content (AvgIpc) is 2.19. The number of methoxy groups -OCH3 is 1. The zero-order chi connectivity index (χ0) is 12.3. The number of hydrogen-bond donors (Lipinski definition) is 1. The van der Waals surface area contributed by atoms with Gasteiger partial charge in [0.25, 0.3) is 6.43 Å². The first-order chi connectivity index (χ1) is 7.45. The summed E-state index contributed by atoms with van der Waals surface area (Å²) in [6.45, 7) is 0. The van der Waals surface area contributed by atoms with Crippen molar-refractivity contribution in [3.8, 4) is 5.88 Å². The molecule has 4 nitrogen and oxygen atoms in total. The molecule has 0 amide bonds. The minimum Gasteiger partial charge on any atom is -0.481 e. The summed E-state index contributed by atoms with van der Waals surface area (Å²) in [5, 5.41) is 8.22. The zero-order valence-corrected chi connectivity index (χ0v) is 8.96. The molecule has 0 radical (unpaired) electrons. The van der Waals surface area contributed by atoms with Gasteiger partial charge in [-0.05, 0) is 0 Å². The number of ether oxygens (including phenoxy) is 1. The van der Waals surface area contributed by atoms with Crippen LogP contribution in [0, 0.1) is 0 Å². The fourth-order valence-corrected chi connectivity index (χ4v) is 1.35. The number of rotatable bonds is 4. The molecule has 7 heteroatoms. The molecule has 0 aromatic carbocycles. The molecule has 0 unspecified atom stereocenters. The standard InChI is InChI=1S/C9H8ClF2NO3/c1-16-6-2-4(9(11)12)8(10)5(13-6)3-7(14)15/h2,9H,3H2,1H3,(H,14,15). The van der Waals surface area contributed by atoms with E-state index in [9.17, 15) is 13.6 Å². The first kappa shape index (κ1) is 12.6. The molecule has 0 aliphatic rings. The Kier molecular flexibility index (Phi) is 4.00. The van der Waals surface area contributed by atoms with Gasteiger partial charge < -0.3 is 9.84 Å². The molecular formula is C9H8ClF2NO3. The highest BCUT2D eigenvalue weighted by Gasteiger charge is 2.19. The second-order valence-corrected chi connectivity index (χ2v) is 3.26. The number of carboxylic acid groups (broad SMARTS) is 1. The molecule has 0 saturated heterocycles. The van der Waals surface area contributed by atoms with Crippen molar-refractivity contribution in [1.29, 1.82) is 0 Å². The molecule has 16 heavy (non-hydrogen) atoms. The number of nitrogens with zero attached hydrogens (tertiary/aromatic N) is 1. The monoisotopic (exact) mass is 251 g/mol. The number of aromatic nitrogens is 1. The third kappa shape index (κ3) is 2.79. The lowest BCUT2D eigenvalue weighted by Gasteiger charge is -2.09. The van der Waals surface area contributed by atoms with Crippen LogP contribution in [0.5, 0.6) is 5.88 Å². The van der Waals surface area contributed by atoms with E-state index in [-0.39, 0.29) is 16.6 Å². The van der Waals surface area contributed by atoms with Crippen LogP contribution in [-0.4, -0.2) is 23.2 Å². The van der Waals surface area contributed by atoms with Gasteiger partial charge in [0.2, 0.25) is 5.88 Å². The maximum atomic E-state index is 12.5. The lowest BCUT2D eigenvalue weighted by Crippen LogP contribution is -2.06. The molecule has 0 aliphatic carbocycles. The lowest BCUT2D eigenvalue weighted by molar-refractivity contribution is -0.136. The van der Waals surface area contributed by atoms with E-state index in [0.29, 0.717) is 0 Å². The summed E-state index contributed by atoms with van der Waals surface area (Å²) in [6, 6.07) is 0.984. The predicted molar refractivity (Wildman–Crippen MR) is 52.1 cm³/mol. The van der Waals surface area contributed by atoms with E-state index in [1.54, 1.807) is 0 Å². The molecule has 1 rings (SSSR count). The van der Waals surface area contributed by atoms with Gasteiger partial charge in [-0.15, -0.1) is 0 Å². The minimum atomic E-state index is -2.81. The molecule has 88 valence electrons. The number of pyridine rings is 1. The highest BCUT2D eigenvalue weighted by Crippen LogP contribution is 2.31. The maximum Gasteiger partial charge on any atom is 0.309 e. The zero-order valence-electron chi connectivity index (χ0n) is 8.21. The van der Waals surface area contributed by atoms with E-state index in [1.165, 1.54) is 7.11 Å². The van der Waals surface area contributed by atoms with Gasteiger partial charge in [0.15, 0.2) is 0 Å². The molecule has 0 aliphatic heterocycles. The van der Waals surface area contributed by atoms with Crippen molar-refractivity contribution in [2.24, 2.45) is 0 Å². The molecule has 1 aromatic rings. The number of carboxylic acids is 1. The first-order valence-corrected chi connectivity index (χ1v) is 4.56. The second-order valence-electron chi connectivity index (χ2n) is 2.89. The Hall–Kier alpha value is -1.43. The highest BCUT2D eigenvalue weighted by molar-refractivity contribution is 6.32. The van der Waals surface area contributed by atoms with Crippen molar-refractivity contribution in [2.45, 2.75) is 12.8 Å². The van der Waals surface area contributed by atoms with Gasteiger partial charge in [-0.25, -0.2) is 13.8 Å². The Morgan fingerprint density at radius 1 is 1.69 bits per heavy atom. The van der Waals surface area contributed by atoms with Crippen LogP contribution in [0.15, 0.2) is 6.07 Å². The largest absolute Gasteiger partial charge is 0.481 e. The fourth-order valence-electron chi connectivity index (χ4n) is 1.10. The van der Waals surface area contributed by atoms with E-state index < -0.39 is 24.4 Å². The van der Waals surface area contributed by atoms with Gasteiger partial charge in [-0.2, -0.15) is 0 Å². The van der Waals surface area contributed by atoms with Crippen LogP contribution >= 0.6 is 11.6 Å². The fraction of sp³-hybridized carbons (Fsp3) is 0.333. The lowest BCUT2D eigenvalue weighted by atomic mass is 10.2. The topological polar surface area (TPSA) is 59.4 Å². The first-order valence-electron chi connectivity index (χ1n) is 4.19. The van der Waals surface area contributed by atoms with Crippen LogP contribution in [0.2, 0.25) is 5.02 Å². The quantitative estimate of drug-likeness (QED) is 0.892. The summed E-state index contributed by atoms with van der Waals surface area (Å²) in [5.41, 5.74) is -0.617. The molecular weight excluding hydrogens is 244 g/mol. The smallest absolute Gasteiger partial charge is 0.309 e. The molecule has 1 heterocycles. The van der Waals surface area contributed by atoms with E-state index in [0.717, 1.165) is 6.07 Å². The Morgan fingerprint density at radius 2 is 2.31 bits per heavy atom. The van der Waals surface area contributed by atoms with Crippen molar-refractivity contribution in [3.05, 3.63) is 22.3 Å². The molecule has 1 aromatic heterocycles. The SMILES string of the molecule is COc1cc(C(F)F)c(Cl)c(CC(=O)O)n1. The third-order valence-corrected chi connectivity index (χ3v) is 2.23. The number of carbonyl (C=O) groups is 1. The van der Waals surface area contributed by atoms with Crippen molar-refractivity contribution in [2.75, 3.05) is 7.11 Å². The van der Waals surface area contributed by atoms with Crippen molar-refractivity contribution in [3.63, 3.8) is 0 Å². The molecule has 0 atom stereocenters. The summed E-state index contributed by atoms with van der Waals surface area (Å²) in [5.74, 6) is -1.29. The van der Waals surface area contributed by atoms with Gasteiger partial charge >= 0.3 is 5.97 Å². The van der Waals surface area contributed by atoms with Crippen LogP contribution in [0.3, 0.4) is 0 Å². The summed E-state index contributed by atoms with van der Waals surface area (Å²) < 4.78 is 29.8. The van der Waals surface area contributed by atoms with E-state index >= 15 is 0 Å². The summed E-state index contributed by atoms with van der Waals surface area (Å²) in [7, 11) is 1.25. The van der Waals surface area contributed by atoms with E-state index in [4.69, 9.17) is 16.7 Å². The van der Waals surface area contributed by atoms with Crippen LogP contribution in [0.4, 0.5) is 8.78 Å². The van der Waals surface area contributed by atoms with Crippen LogP contribution in [-0.2, 0) is 11.2 Å². The Balaban J connectivity index is 3.25. The average molecular weight is 252 g/mol. The maximum absolute atomic E-state index is 12.5. The number of alkyl halides is 2. The van der Waals surface area contributed by atoms with Gasteiger partial charge in [0, 0.05) is 11.6 Å². The second kappa shape index (κ2) is 5.07. The van der Waals surface area contributed by atoms with Crippen molar-refractivity contribution in [1.82, 2.24) is 4.98 Å². The van der Waals surface area contributed by atoms with E-state index in [2.05, 4.69) is 9.72 Å². The summed E-state index contributed by atoms with van der Waals surface area (Å²) in [4.78, 5) is 14.2.